The molecule has 0 bridgehead atoms. The SMILES string of the molecule is CC(C)n1cnc2c1C=CCC2=O. The number of carbonyl (C=O) groups excluding carboxylic acids is 1. The molecule has 1 aromatic rings. The van der Waals surface area contributed by atoms with Crippen LogP contribution in [0.5, 0.6) is 0 Å². The van der Waals surface area contributed by atoms with Gasteiger partial charge in [-0.25, -0.2) is 4.98 Å². The number of fused-ring (bicyclic) bond motifs is 1. The molecular weight excluding hydrogens is 164 g/mol. The second-order valence-electron chi connectivity index (χ2n) is 3.51. The number of hydrogen-bond donors (Lipinski definition) is 0. The number of aromatic nitrogens is 2. The molecule has 0 fully saturated rings. The molecule has 1 aliphatic rings. The predicted octanol–water partition coefficient (Wildman–Crippen LogP) is 2.06. The molecule has 0 amide bonds. The first-order valence-corrected chi connectivity index (χ1v) is 4.46. The monoisotopic (exact) mass is 176 g/mol. The minimum atomic E-state index is 0.122. The molecule has 0 spiro atoms. The van der Waals surface area contributed by atoms with Crippen LogP contribution in [0, 0.1) is 0 Å². The van der Waals surface area contributed by atoms with Gasteiger partial charge in [-0.15, -0.1) is 0 Å². The van der Waals surface area contributed by atoms with Crippen molar-refractivity contribution in [3.8, 4) is 0 Å². The Morgan fingerprint density at radius 2 is 2.31 bits per heavy atom. The van der Waals surface area contributed by atoms with Gasteiger partial charge in [0.15, 0.2) is 5.78 Å². The average Bonchev–Trinajstić information content (AvgIpc) is 2.48. The number of rotatable bonds is 1. The smallest absolute Gasteiger partial charge is 0.187 e. The van der Waals surface area contributed by atoms with E-state index in [9.17, 15) is 4.79 Å². The van der Waals surface area contributed by atoms with Crippen LogP contribution in [0.1, 0.15) is 42.5 Å². The number of ketones is 1. The molecule has 0 radical (unpaired) electrons. The molecule has 0 atom stereocenters. The highest BCUT2D eigenvalue weighted by atomic mass is 16.1. The van der Waals surface area contributed by atoms with Crippen molar-refractivity contribution in [3.05, 3.63) is 23.8 Å². The Kier molecular flexibility index (Phi) is 1.79. The first-order chi connectivity index (χ1) is 6.20. The third-order valence-corrected chi connectivity index (χ3v) is 2.23. The van der Waals surface area contributed by atoms with Gasteiger partial charge in [-0.3, -0.25) is 4.79 Å². The maximum absolute atomic E-state index is 11.4. The van der Waals surface area contributed by atoms with Crippen molar-refractivity contribution in [3.63, 3.8) is 0 Å². The lowest BCUT2D eigenvalue weighted by Gasteiger charge is -2.11. The number of carbonyl (C=O) groups is 1. The van der Waals surface area contributed by atoms with Crippen LogP contribution in [-0.4, -0.2) is 15.3 Å². The van der Waals surface area contributed by atoms with E-state index >= 15 is 0 Å². The van der Waals surface area contributed by atoms with E-state index in [0.29, 0.717) is 18.2 Å². The molecule has 0 saturated heterocycles. The highest BCUT2D eigenvalue weighted by Crippen LogP contribution is 2.20. The lowest BCUT2D eigenvalue weighted by molar-refractivity contribution is 0.0990. The van der Waals surface area contributed by atoms with E-state index in [1.807, 2.05) is 16.7 Å². The summed E-state index contributed by atoms with van der Waals surface area (Å²) in [6.45, 7) is 4.16. The lowest BCUT2D eigenvalue weighted by atomic mass is 10.1. The first-order valence-electron chi connectivity index (χ1n) is 4.46. The fourth-order valence-corrected chi connectivity index (χ4v) is 1.54. The van der Waals surface area contributed by atoms with Gasteiger partial charge in [0.2, 0.25) is 0 Å². The summed E-state index contributed by atoms with van der Waals surface area (Å²) < 4.78 is 2.02. The summed E-state index contributed by atoms with van der Waals surface area (Å²) in [4.78, 5) is 15.5. The molecule has 0 aromatic carbocycles. The van der Waals surface area contributed by atoms with E-state index < -0.39 is 0 Å². The molecular formula is C10H12N2O. The molecule has 1 heterocycles. The van der Waals surface area contributed by atoms with Crippen molar-refractivity contribution in [1.82, 2.24) is 9.55 Å². The van der Waals surface area contributed by atoms with E-state index in [1.165, 1.54) is 0 Å². The van der Waals surface area contributed by atoms with Gasteiger partial charge in [0.25, 0.3) is 0 Å². The van der Waals surface area contributed by atoms with Gasteiger partial charge in [0.05, 0.1) is 12.0 Å². The van der Waals surface area contributed by atoms with E-state index in [0.717, 1.165) is 5.69 Å². The zero-order valence-electron chi connectivity index (χ0n) is 7.82. The number of imidazole rings is 1. The molecule has 68 valence electrons. The topological polar surface area (TPSA) is 34.9 Å². The molecule has 0 N–H and O–H groups in total. The van der Waals surface area contributed by atoms with Gasteiger partial charge in [0, 0.05) is 12.5 Å². The summed E-state index contributed by atoms with van der Waals surface area (Å²) in [5.41, 5.74) is 1.57. The van der Waals surface area contributed by atoms with Crippen LogP contribution in [0.25, 0.3) is 6.08 Å². The summed E-state index contributed by atoms with van der Waals surface area (Å²) in [6.07, 6.45) is 6.10. The Balaban J connectivity index is 2.55. The van der Waals surface area contributed by atoms with E-state index in [2.05, 4.69) is 18.8 Å². The van der Waals surface area contributed by atoms with Crippen LogP contribution in [0.3, 0.4) is 0 Å². The van der Waals surface area contributed by atoms with Crippen molar-refractivity contribution in [2.45, 2.75) is 26.3 Å². The fourth-order valence-electron chi connectivity index (χ4n) is 1.54. The number of allylic oxidation sites excluding steroid dienone is 1. The maximum atomic E-state index is 11.4. The maximum Gasteiger partial charge on any atom is 0.187 e. The Labute approximate surface area is 77.1 Å². The normalized spacial score (nSPS) is 15.2. The lowest BCUT2D eigenvalue weighted by Crippen LogP contribution is -2.08. The zero-order valence-corrected chi connectivity index (χ0v) is 7.82. The van der Waals surface area contributed by atoms with Crippen molar-refractivity contribution >= 4 is 11.9 Å². The molecule has 0 aliphatic heterocycles. The number of nitrogens with zero attached hydrogens (tertiary/aromatic N) is 2. The number of hydrogen-bond acceptors (Lipinski definition) is 2. The predicted molar refractivity (Wildman–Crippen MR) is 50.6 cm³/mol. The Morgan fingerprint density at radius 3 is 3.00 bits per heavy atom. The molecule has 3 heteroatoms. The molecule has 3 nitrogen and oxygen atoms in total. The number of Topliss-reactive ketones (excluding diaryl/α,β-unsaturated/α-hetero) is 1. The molecule has 0 saturated carbocycles. The largest absolute Gasteiger partial charge is 0.328 e. The van der Waals surface area contributed by atoms with Crippen LogP contribution in [-0.2, 0) is 0 Å². The second-order valence-corrected chi connectivity index (χ2v) is 3.51. The van der Waals surface area contributed by atoms with Crippen LogP contribution < -0.4 is 0 Å². The fraction of sp³-hybridized carbons (Fsp3) is 0.400. The summed E-state index contributed by atoms with van der Waals surface area (Å²) in [6, 6.07) is 0.354. The summed E-state index contributed by atoms with van der Waals surface area (Å²) in [5.74, 6) is 0.122. The average molecular weight is 176 g/mol. The van der Waals surface area contributed by atoms with Gasteiger partial charge in [-0.2, -0.15) is 0 Å². The summed E-state index contributed by atoms with van der Waals surface area (Å²) in [5, 5.41) is 0. The van der Waals surface area contributed by atoms with Gasteiger partial charge < -0.3 is 4.57 Å². The highest BCUT2D eigenvalue weighted by Gasteiger charge is 2.19. The van der Waals surface area contributed by atoms with Gasteiger partial charge in [0.1, 0.15) is 5.69 Å². The summed E-state index contributed by atoms with van der Waals surface area (Å²) in [7, 11) is 0. The van der Waals surface area contributed by atoms with Crippen LogP contribution in [0.4, 0.5) is 0 Å². The van der Waals surface area contributed by atoms with Gasteiger partial charge in [-0.1, -0.05) is 6.08 Å². The van der Waals surface area contributed by atoms with Crippen molar-refractivity contribution in [1.29, 1.82) is 0 Å². The minimum Gasteiger partial charge on any atom is -0.328 e. The first kappa shape index (κ1) is 8.23. The Morgan fingerprint density at radius 1 is 1.54 bits per heavy atom. The van der Waals surface area contributed by atoms with Crippen LogP contribution >= 0.6 is 0 Å². The molecule has 2 rings (SSSR count). The highest BCUT2D eigenvalue weighted by molar-refractivity contribution is 6.00. The van der Waals surface area contributed by atoms with Gasteiger partial charge >= 0.3 is 0 Å². The van der Waals surface area contributed by atoms with E-state index in [4.69, 9.17) is 0 Å². The van der Waals surface area contributed by atoms with Crippen LogP contribution in [0.15, 0.2) is 12.4 Å². The molecule has 1 aromatic heterocycles. The van der Waals surface area contributed by atoms with Gasteiger partial charge in [-0.05, 0) is 19.9 Å². The quantitative estimate of drug-likeness (QED) is 0.656. The minimum absolute atomic E-state index is 0.122. The van der Waals surface area contributed by atoms with Crippen molar-refractivity contribution in [2.75, 3.05) is 0 Å². The molecule has 0 unspecified atom stereocenters. The van der Waals surface area contributed by atoms with Crippen molar-refractivity contribution in [2.24, 2.45) is 0 Å². The zero-order chi connectivity index (χ0) is 9.42. The van der Waals surface area contributed by atoms with E-state index in [1.54, 1.807) is 6.33 Å². The standard InChI is InChI=1S/C10H12N2O/c1-7(2)12-6-11-10-8(12)4-3-5-9(10)13/h3-4,6-7H,5H2,1-2H3. The van der Waals surface area contributed by atoms with Crippen molar-refractivity contribution < 1.29 is 4.79 Å². The second kappa shape index (κ2) is 2.83. The Bertz CT molecular complexity index is 374. The summed E-state index contributed by atoms with van der Waals surface area (Å²) >= 11 is 0. The Hall–Kier alpha value is -1.38. The van der Waals surface area contributed by atoms with E-state index in [-0.39, 0.29) is 5.78 Å². The molecule has 1 aliphatic carbocycles. The molecule has 13 heavy (non-hydrogen) atoms. The third-order valence-electron chi connectivity index (χ3n) is 2.23. The van der Waals surface area contributed by atoms with Crippen LogP contribution in [0.2, 0.25) is 0 Å². The third kappa shape index (κ3) is 1.20.